The van der Waals surface area contributed by atoms with Crippen LogP contribution < -0.4 is 5.73 Å². The first-order chi connectivity index (χ1) is 7.38. The van der Waals surface area contributed by atoms with Gasteiger partial charge in [-0.15, -0.1) is 0 Å². The quantitative estimate of drug-likeness (QED) is 0.795. The summed E-state index contributed by atoms with van der Waals surface area (Å²) in [5.41, 5.74) is 5.43. The lowest BCUT2D eigenvalue weighted by molar-refractivity contribution is 0.105. The molecule has 0 aliphatic carbocycles. The van der Waals surface area contributed by atoms with Crippen molar-refractivity contribution >= 4 is 0 Å². The summed E-state index contributed by atoms with van der Waals surface area (Å²) in [6, 6.07) is 0. The molecular formula is C11H18N2O2. The van der Waals surface area contributed by atoms with E-state index in [-0.39, 0.29) is 0 Å². The molecule has 4 nitrogen and oxygen atoms in total. The summed E-state index contributed by atoms with van der Waals surface area (Å²) in [4.78, 5) is 4.25. The molecule has 1 atom stereocenters. The van der Waals surface area contributed by atoms with Gasteiger partial charge in [-0.2, -0.15) is 0 Å². The van der Waals surface area contributed by atoms with Gasteiger partial charge in [-0.25, -0.2) is 4.98 Å². The number of aromatic nitrogens is 1. The predicted octanol–water partition coefficient (Wildman–Crippen LogP) is 1.29. The summed E-state index contributed by atoms with van der Waals surface area (Å²) in [5.74, 6) is 1.74. The Hall–Kier alpha value is -0.870. The van der Waals surface area contributed by atoms with Crippen molar-refractivity contribution in [2.45, 2.75) is 38.2 Å². The summed E-state index contributed by atoms with van der Waals surface area (Å²) in [5, 5.41) is 0. The molecule has 0 saturated carbocycles. The molecule has 0 spiro atoms. The van der Waals surface area contributed by atoms with E-state index in [0.29, 0.717) is 12.6 Å². The Morgan fingerprint density at radius 3 is 3.20 bits per heavy atom. The summed E-state index contributed by atoms with van der Waals surface area (Å²) < 4.78 is 11.1. The van der Waals surface area contributed by atoms with E-state index in [0.717, 1.165) is 50.4 Å². The van der Waals surface area contributed by atoms with Gasteiger partial charge in [-0.3, -0.25) is 0 Å². The van der Waals surface area contributed by atoms with E-state index in [9.17, 15) is 0 Å². The monoisotopic (exact) mass is 210 g/mol. The van der Waals surface area contributed by atoms with Crippen molar-refractivity contribution < 1.29 is 9.15 Å². The molecule has 2 N–H and O–H groups in total. The first-order valence-corrected chi connectivity index (χ1v) is 5.63. The van der Waals surface area contributed by atoms with Crippen LogP contribution in [0.15, 0.2) is 10.6 Å². The molecule has 0 bridgehead atoms. The molecule has 2 heterocycles. The lowest BCUT2D eigenvalue weighted by Gasteiger charge is -2.04. The summed E-state index contributed by atoms with van der Waals surface area (Å²) in [6.45, 7) is 1.58. The van der Waals surface area contributed by atoms with Crippen molar-refractivity contribution in [1.82, 2.24) is 4.98 Å². The number of hydrogen-bond donors (Lipinski definition) is 1. The van der Waals surface area contributed by atoms with E-state index >= 15 is 0 Å². The smallest absolute Gasteiger partial charge is 0.196 e. The molecule has 1 aliphatic heterocycles. The number of nitrogens with zero attached hydrogens (tertiary/aromatic N) is 1. The van der Waals surface area contributed by atoms with Crippen LogP contribution in [-0.4, -0.2) is 24.2 Å². The third-order valence-electron chi connectivity index (χ3n) is 2.66. The Kier molecular flexibility index (Phi) is 3.75. The molecule has 0 radical (unpaired) electrons. The molecule has 1 fully saturated rings. The van der Waals surface area contributed by atoms with E-state index in [1.54, 1.807) is 6.20 Å². The maximum Gasteiger partial charge on any atom is 0.196 e. The van der Waals surface area contributed by atoms with Crippen molar-refractivity contribution in [1.29, 1.82) is 0 Å². The van der Waals surface area contributed by atoms with E-state index < -0.39 is 0 Å². The van der Waals surface area contributed by atoms with Crippen molar-refractivity contribution in [3.63, 3.8) is 0 Å². The van der Waals surface area contributed by atoms with E-state index in [4.69, 9.17) is 14.9 Å². The van der Waals surface area contributed by atoms with Crippen molar-refractivity contribution in [3.8, 4) is 0 Å². The van der Waals surface area contributed by atoms with Crippen molar-refractivity contribution in [3.05, 3.63) is 17.8 Å². The largest absolute Gasteiger partial charge is 0.446 e. The Morgan fingerprint density at radius 2 is 2.47 bits per heavy atom. The number of ether oxygens (including phenoxy) is 1. The van der Waals surface area contributed by atoms with Gasteiger partial charge in [0.05, 0.1) is 18.7 Å². The van der Waals surface area contributed by atoms with Gasteiger partial charge in [0.1, 0.15) is 5.76 Å². The summed E-state index contributed by atoms with van der Waals surface area (Å²) >= 11 is 0. The molecule has 1 aliphatic rings. The molecule has 1 aromatic rings. The van der Waals surface area contributed by atoms with Gasteiger partial charge in [0.15, 0.2) is 5.89 Å². The topological polar surface area (TPSA) is 61.3 Å². The lowest BCUT2D eigenvalue weighted by atomic mass is 10.2. The maximum absolute atomic E-state index is 5.60. The second-order valence-corrected chi connectivity index (χ2v) is 3.95. The van der Waals surface area contributed by atoms with Crippen LogP contribution in [0.3, 0.4) is 0 Å². The fourth-order valence-corrected chi connectivity index (χ4v) is 1.83. The highest BCUT2D eigenvalue weighted by molar-refractivity contribution is 4.96. The highest BCUT2D eigenvalue weighted by Crippen LogP contribution is 2.17. The molecular weight excluding hydrogens is 192 g/mol. The molecule has 1 unspecified atom stereocenters. The minimum Gasteiger partial charge on any atom is -0.446 e. The molecule has 0 amide bonds. The average Bonchev–Trinajstić information content (AvgIpc) is 2.87. The van der Waals surface area contributed by atoms with Crippen molar-refractivity contribution in [2.75, 3.05) is 13.2 Å². The van der Waals surface area contributed by atoms with E-state index in [1.165, 1.54) is 0 Å². The fraction of sp³-hybridized carbons (Fsp3) is 0.727. The van der Waals surface area contributed by atoms with Gasteiger partial charge in [0, 0.05) is 13.0 Å². The van der Waals surface area contributed by atoms with E-state index in [1.807, 2.05) is 0 Å². The van der Waals surface area contributed by atoms with E-state index in [2.05, 4.69) is 4.98 Å². The number of rotatable bonds is 5. The average molecular weight is 210 g/mol. The maximum atomic E-state index is 5.60. The Labute approximate surface area is 89.8 Å². The van der Waals surface area contributed by atoms with Gasteiger partial charge in [0.2, 0.25) is 0 Å². The molecule has 2 rings (SSSR count). The Morgan fingerprint density at radius 1 is 1.53 bits per heavy atom. The highest BCUT2D eigenvalue weighted by atomic mass is 16.5. The standard InChI is InChI=1S/C11H18N2O2/c12-5-1-3-10-8-13-11(15-10)7-9-4-2-6-14-9/h8-9H,1-7,12H2. The predicted molar refractivity (Wildman–Crippen MR) is 56.6 cm³/mol. The molecule has 15 heavy (non-hydrogen) atoms. The highest BCUT2D eigenvalue weighted by Gasteiger charge is 2.18. The second kappa shape index (κ2) is 5.28. The summed E-state index contributed by atoms with van der Waals surface area (Å²) in [6.07, 6.45) is 7.05. The minimum absolute atomic E-state index is 0.311. The molecule has 1 aromatic heterocycles. The van der Waals surface area contributed by atoms with Gasteiger partial charge in [0.25, 0.3) is 0 Å². The van der Waals surface area contributed by atoms with Crippen LogP contribution in [0.1, 0.15) is 30.9 Å². The minimum atomic E-state index is 0.311. The van der Waals surface area contributed by atoms with Gasteiger partial charge < -0.3 is 14.9 Å². The van der Waals surface area contributed by atoms with Crippen LogP contribution in [0.2, 0.25) is 0 Å². The fourth-order valence-electron chi connectivity index (χ4n) is 1.83. The van der Waals surface area contributed by atoms with Gasteiger partial charge >= 0.3 is 0 Å². The van der Waals surface area contributed by atoms with Crippen LogP contribution in [0.25, 0.3) is 0 Å². The molecule has 4 heteroatoms. The van der Waals surface area contributed by atoms with Crippen LogP contribution in [0.5, 0.6) is 0 Å². The molecule has 1 saturated heterocycles. The van der Waals surface area contributed by atoms with Crippen LogP contribution >= 0.6 is 0 Å². The van der Waals surface area contributed by atoms with Gasteiger partial charge in [-0.1, -0.05) is 0 Å². The number of nitrogens with two attached hydrogens (primary N) is 1. The third kappa shape index (κ3) is 3.04. The Balaban J connectivity index is 1.83. The number of oxazole rings is 1. The SMILES string of the molecule is NCCCc1cnc(CC2CCCO2)o1. The second-order valence-electron chi connectivity index (χ2n) is 3.95. The zero-order valence-corrected chi connectivity index (χ0v) is 8.95. The van der Waals surface area contributed by atoms with Crippen LogP contribution in [0.4, 0.5) is 0 Å². The molecule has 84 valence electrons. The summed E-state index contributed by atoms with van der Waals surface area (Å²) in [7, 11) is 0. The lowest BCUT2D eigenvalue weighted by Crippen LogP contribution is -2.08. The number of hydrogen-bond acceptors (Lipinski definition) is 4. The first-order valence-electron chi connectivity index (χ1n) is 5.63. The zero-order valence-electron chi connectivity index (χ0n) is 8.95. The van der Waals surface area contributed by atoms with Crippen molar-refractivity contribution in [2.24, 2.45) is 5.73 Å². The normalized spacial score (nSPS) is 21.0. The molecule has 0 aromatic carbocycles. The van der Waals surface area contributed by atoms with Crippen LogP contribution in [-0.2, 0) is 17.6 Å². The van der Waals surface area contributed by atoms with Gasteiger partial charge in [-0.05, 0) is 25.8 Å². The Bertz CT molecular complexity index is 293. The first kappa shape index (κ1) is 10.6. The zero-order chi connectivity index (χ0) is 10.5. The van der Waals surface area contributed by atoms with Crippen LogP contribution in [0, 0.1) is 0 Å². The number of aryl methyl sites for hydroxylation is 1. The third-order valence-corrected chi connectivity index (χ3v) is 2.66.